The van der Waals surface area contributed by atoms with E-state index in [1.807, 2.05) is 6.07 Å². The molecule has 6 atom stereocenters. The van der Waals surface area contributed by atoms with Crippen molar-refractivity contribution in [2.75, 3.05) is 18.5 Å². The molecule has 3 N–H and O–H groups in total. The van der Waals surface area contributed by atoms with Crippen LogP contribution in [-0.4, -0.2) is 51.3 Å². The molecule has 1 heterocycles. The fourth-order valence-electron chi connectivity index (χ4n) is 2.66. The molecule has 1 saturated carbocycles. The van der Waals surface area contributed by atoms with Crippen LogP contribution >= 0.6 is 15.0 Å². The number of alkyl halides is 1. The number of nitrogens with one attached hydrogen (secondary N) is 1. The van der Waals surface area contributed by atoms with Crippen molar-refractivity contribution in [1.29, 1.82) is 5.26 Å². The molecule has 0 amide bonds. The zero-order valence-corrected chi connectivity index (χ0v) is 16.7. The predicted molar refractivity (Wildman–Crippen MR) is 97.2 cm³/mol. The van der Waals surface area contributed by atoms with Crippen molar-refractivity contribution >= 4 is 32.6 Å². The Kier molecular flexibility index (Phi) is 8.66. The van der Waals surface area contributed by atoms with E-state index in [4.69, 9.17) is 35.5 Å². The van der Waals surface area contributed by atoms with E-state index in [0.717, 1.165) is 0 Å². The van der Waals surface area contributed by atoms with Crippen LogP contribution in [0.25, 0.3) is 0 Å². The van der Waals surface area contributed by atoms with Crippen LogP contribution < -0.4 is 5.32 Å². The number of nitriles is 1. The Labute approximate surface area is 160 Å². The third-order valence-electron chi connectivity index (χ3n) is 3.79. The van der Waals surface area contributed by atoms with Gasteiger partial charge in [0.05, 0.1) is 31.7 Å². The summed E-state index contributed by atoms with van der Waals surface area (Å²) in [5, 5.41) is 11.3. The van der Waals surface area contributed by atoms with Gasteiger partial charge in [0.2, 0.25) is 0 Å². The second-order valence-electron chi connectivity index (χ2n) is 5.64. The Morgan fingerprint density at radius 1 is 1.56 bits per heavy atom. The molecule has 0 radical (unpaired) electrons. The third-order valence-corrected chi connectivity index (χ3v) is 5.88. The fourth-order valence-corrected chi connectivity index (χ4v) is 4.40. The summed E-state index contributed by atoms with van der Waals surface area (Å²) in [5.41, 5.74) is 0. The molecule has 0 saturated heterocycles. The van der Waals surface area contributed by atoms with E-state index in [9.17, 15) is 13.8 Å². The highest BCUT2D eigenvalue weighted by atomic mass is 32.5. The minimum absolute atomic E-state index is 0.0292. The van der Waals surface area contributed by atoms with Crippen LogP contribution in [0.15, 0.2) is 18.6 Å². The summed E-state index contributed by atoms with van der Waals surface area (Å²) < 4.78 is 40.8. The van der Waals surface area contributed by atoms with E-state index >= 15 is 0 Å². The first kappa shape index (κ1) is 22.3. The monoisotopic (exact) mass is 440 g/mol. The first-order valence-electron chi connectivity index (χ1n) is 7.87. The SMILES string of the molecule is N#CCCOP(O)(=S)OC[C@H]1C[C@@H](Nc2ccncn2)[C@H](F)[C@@H]1O[PH](=O)O. The first-order valence-corrected chi connectivity index (χ1v) is 11.7. The normalized spacial score (nSPS) is 28.2. The van der Waals surface area contributed by atoms with Crippen molar-refractivity contribution in [1.82, 2.24) is 9.97 Å². The average Bonchev–Trinajstić information content (AvgIpc) is 2.90. The summed E-state index contributed by atoms with van der Waals surface area (Å²) in [6, 6.07) is 2.63. The zero-order valence-electron chi connectivity index (χ0n) is 14.0. The van der Waals surface area contributed by atoms with Crippen molar-refractivity contribution in [2.24, 2.45) is 5.92 Å². The molecule has 2 unspecified atom stereocenters. The molecule has 1 aliphatic rings. The number of halogens is 1. The Morgan fingerprint density at radius 3 is 2.96 bits per heavy atom. The number of aromatic nitrogens is 2. The topological polar surface area (TPSA) is 147 Å². The molecule has 1 fully saturated rings. The molecule has 2 rings (SSSR count). The zero-order chi connectivity index (χ0) is 19.9. The number of rotatable bonds is 10. The van der Waals surface area contributed by atoms with Gasteiger partial charge in [0.25, 0.3) is 0 Å². The highest BCUT2D eigenvalue weighted by Crippen LogP contribution is 2.46. The molecular weight excluding hydrogens is 421 g/mol. The Balaban J connectivity index is 2.00. The van der Waals surface area contributed by atoms with Crippen molar-refractivity contribution < 1.29 is 32.3 Å². The van der Waals surface area contributed by atoms with Gasteiger partial charge in [0.1, 0.15) is 24.4 Å². The van der Waals surface area contributed by atoms with Crippen LogP contribution in [0.2, 0.25) is 0 Å². The molecule has 0 aromatic carbocycles. The van der Waals surface area contributed by atoms with Gasteiger partial charge < -0.3 is 28.7 Å². The van der Waals surface area contributed by atoms with Gasteiger partial charge in [-0.15, -0.1) is 0 Å². The maximum Gasteiger partial charge on any atom is 0.324 e. The lowest BCUT2D eigenvalue weighted by Gasteiger charge is -2.22. The molecular formula is C13H19FN4O6P2S. The van der Waals surface area contributed by atoms with E-state index in [0.29, 0.717) is 5.82 Å². The van der Waals surface area contributed by atoms with Gasteiger partial charge in [-0.3, -0.25) is 4.57 Å². The molecule has 1 aromatic rings. The number of hydrogen-bond donors (Lipinski definition) is 3. The molecule has 10 nitrogen and oxygen atoms in total. The summed E-state index contributed by atoms with van der Waals surface area (Å²) in [4.78, 5) is 26.7. The van der Waals surface area contributed by atoms with Gasteiger partial charge in [-0.2, -0.15) is 5.26 Å². The average molecular weight is 440 g/mol. The molecule has 0 spiro atoms. The van der Waals surface area contributed by atoms with Gasteiger partial charge in [0, 0.05) is 12.1 Å². The largest absolute Gasteiger partial charge is 0.364 e. The van der Waals surface area contributed by atoms with Crippen LogP contribution in [-0.2, 0) is 29.9 Å². The molecule has 0 aliphatic heterocycles. The molecule has 1 aliphatic carbocycles. The molecule has 14 heteroatoms. The minimum atomic E-state index is -3.61. The maximum atomic E-state index is 14.7. The van der Waals surface area contributed by atoms with Crippen LogP contribution in [0.5, 0.6) is 0 Å². The van der Waals surface area contributed by atoms with Crippen LogP contribution in [0.4, 0.5) is 10.2 Å². The van der Waals surface area contributed by atoms with E-state index < -0.39 is 39.2 Å². The fraction of sp³-hybridized carbons (Fsp3) is 0.615. The van der Waals surface area contributed by atoms with Crippen molar-refractivity contribution in [2.45, 2.75) is 31.2 Å². The van der Waals surface area contributed by atoms with Gasteiger partial charge in [-0.1, -0.05) is 0 Å². The Hall–Kier alpha value is -1.02. The lowest BCUT2D eigenvalue weighted by atomic mass is 10.1. The van der Waals surface area contributed by atoms with Gasteiger partial charge >= 0.3 is 15.0 Å². The highest BCUT2D eigenvalue weighted by molar-refractivity contribution is 8.07. The molecule has 1 aromatic heterocycles. The number of hydrogen-bond acceptors (Lipinski definition) is 9. The smallest absolute Gasteiger partial charge is 0.324 e. The first-order chi connectivity index (χ1) is 12.8. The van der Waals surface area contributed by atoms with E-state index in [2.05, 4.69) is 15.3 Å². The Morgan fingerprint density at radius 2 is 2.33 bits per heavy atom. The van der Waals surface area contributed by atoms with Crippen molar-refractivity contribution in [3.05, 3.63) is 18.6 Å². The second-order valence-corrected chi connectivity index (χ2v) is 9.25. The molecule has 27 heavy (non-hydrogen) atoms. The number of nitrogens with zero attached hydrogens (tertiary/aromatic N) is 3. The maximum absolute atomic E-state index is 14.7. The third kappa shape index (κ3) is 7.14. The predicted octanol–water partition coefficient (Wildman–Crippen LogP) is 1.55. The van der Waals surface area contributed by atoms with Gasteiger partial charge in [0.15, 0.2) is 0 Å². The van der Waals surface area contributed by atoms with Gasteiger partial charge in [-0.05, 0) is 24.3 Å². The van der Waals surface area contributed by atoms with Crippen LogP contribution in [0.3, 0.4) is 0 Å². The lowest BCUT2D eigenvalue weighted by molar-refractivity contribution is 0.0608. The number of anilines is 1. The van der Waals surface area contributed by atoms with E-state index in [-0.39, 0.29) is 26.1 Å². The summed E-state index contributed by atoms with van der Waals surface area (Å²) >= 11 is 4.82. The van der Waals surface area contributed by atoms with Crippen molar-refractivity contribution in [3.63, 3.8) is 0 Å². The van der Waals surface area contributed by atoms with E-state index in [1.165, 1.54) is 12.5 Å². The molecule has 0 bridgehead atoms. The standard InChI is InChI=1S/C13H19FN4O6P2S/c14-12-10(18-11-2-4-16-8-17-11)6-9(13(12)24-25(19)20)7-23-26(21,27)22-5-1-3-15/h2,4,8-10,12-13,25H,1,5-7H2,(H,19,20)(H,21,27)(H,16,17,18)/t9-,10-,12+,13-,26?/m1/s1. The van der Waals surface area contributed by atoms with Crippen molar-refractivity contribution in [3.8, 4) is 6.07 Å². The van der Waals surface area contributed by atoms with Crippen LogP contribution in [0.1, 0.15) is 12.8 Å². The Bertz CT molecular complexity index is 727. The van der Waals surface area contributed by atoms with Gasteiger partial charge in [-0.25, -0.2) is 14.4 Å². The lowest BCUT2D eigenvalue weighted by Crippen LogP contribution is -2.33. The highest BCUT2D eigenvalue weighted by Gasteiger charge is 2.46. The molecule has 150 valence electrons. The summed E-state index contributed by atoms with van der Waals surface area (Å²) in [5.74, 6) is -0.267. The summed E-state index contributed by atoms with van der Waals surface area (Å²) in [6.07, 6.45) is 0.144. The quantitative estimate of drug-likeness (QED) is 0.360. The summed E-state index contributed by atoms with van der Waals surface area (Å²) in [6.45, 7) is -3.94. The second kappa shape index (κ2) is 10.5. The minimum Gasteiger partial charge on any atom is -0.364 e. The van der Waals surface area contributed by atoms with E-state index in [1.54, 1.807) is 6.07 Å². The van der Waals surface area contributed by atoms with Crippen LogP contribution in [0, 0.1) is 17.2 Å². The summed E-state index contributed by atoms with van der Waals surface area (Å²) in [7, 11) is -3.39.